The molecule has 0 aliphatic carbocycles. The molecule has 0 unspecified atom stereocenters. The van der Waals surface area contributed by atoms with Crippen LogP contribution in [-0.2, 0) is 4.74 Å². The Labute approximate surface area is 94.4 Å². The monoisotopic (exact) mass is 227 g/mol. The van der Waals surface area contributed by atoms with E-state index < -0.39 is 5.79 Å². The van der Waals surface area contributed by atoms with Crippen LogP contribution in [0, 0.1) is 0 Å². The Morgan fingerprint density at radius 3 is 2.75 bits per heavy atom. The summed E-state index contributed by atoms with van der Waals surface area (Å²) in [5, 5.41) is 9.27. The second-order valence-electron chi connectivity index (χ2n) is 3.78. The molecule has 0 aliphatic rings. The molecule has 0 aromatic carbocycles. The summed E-state index contributed by atoms with van der Waals surface area (Å²) in [7, 11) is 0. The first-order valence-electron chi connectivity index (χ1n) is 5.04. The van der Waals surface area contributed by atoms with Crippen molar-refractivity contribution in [3.8, 4) is 5.88 Å². The molecule has 0 saturated heterocycles. The van der Waals surface area contributed by atoms with Gasteiger partial charge in [-0.1, -0.05) is 0 Å². The van der Waals surface area contributed by atoms with Crippen molar-refractivity contribution in [3.63, 3.8) is 0 Å². The molecule has 0 radical (unpaired) electrons. The highest BCUT2D eigenvalue weighted by Crippen LogP contribution is 2.08. The lowest BCUT2D eigenvalue weighted by Gasteiger charge is -2.17. The molecule has 0 amide bonds. The Morgan fingerprint density at radius 2 is 2.12 bits per heavy atom. The summed E-state index contributed by atoms with van der Waals surface area (Å²) >= 11 is 0. The summed E-state index contributed by atoms with van der Waals surface area (Å²) in [5.74, 6) is -0.284. The van der Waals surface area contributed by atoms with E-state index in [1.165, 1.54) is 6.33 Å². The normalized spacial score (nSPS) is 11.4. The average molecular weight is 227 g/mol. The number of nitrogens with zero attached hydrogens (tertiary/aromatic N) is 2. The van der Waals surface area contributed by atoms with Crippen LogP contribution in [0.5, 0.6) is 5.88 Å². The SMILES string of the molecule is CC(C)(O)OCCCOc1cc(N)ncn1. The molecule has 1 heterocycles. The van der Waals surface area contributed by atoms with Crippen LogP contribution in [0.3, 0.4) is 0 Å². The third-order valence-electron chi connectivity index (χ3n) is 1.66. The van der Waals surface area contributed by atoms with Crippen molar-refractivity contribution in [3.05, 3.63) is 12.4 Å². The number of aliphatic hydroxyl groups is 1. The van der Waals surface area contributed by atoms with Crippen LogP contribution in [0.25, 0.3) is 0 Å². The number of nitrogen functional groups attached to an aromatic ring is 1. The molecule has 1 aromatic rings. The van der Waals surface area contributed by atoms with Crippen LogP contribution in [0.2, 0.25) is 0 Å². The molecule has 0 saturated carbocycles. The Kier molecular flexibility index (Phi) is 4.45. The van der Waals surface area contributed by atoms with Crippen LogP contribution < -0.4 is 10.5 Å². The van der Waals surface area contributed by atoms with Gasteiger partial charge in [-0.3, -0.25) is 0 Å². The highest BCUT2D eigenvalue weighted by Gasteiger charge is 2.11. The Bertz CT molecular complexity index is 325. The second kappa shape index (κ2) is 5.62. The van der Waals surface area contributed by atoms with Gasteiger partial charge in [0.15, 0.2) is 5.79 Å². The number of ether oxygens (including phenoxy) is 2. The van der Waals surface area contributed by atoms with E-state index in [-0.39, 0.29) is 0 Å². The molecule has 3 N–H and O–H groups in total. The zero-order chi connectivity index (χ0) is 12.0. The second-order valence-corrected chi connectivity index (χ2v) is 3.78. The zero-order valence-electron chi connectivity index (χ0n) is 9.51. The first-order valence-corrected chi connectivity index (χ1v) is 5.04. The predicted octanol–water partition coefficient (Wildman–Crippen LogP) is 0.573. The fourth-order valence-electron chi connectivity index (χ4n) is 0.990. The molecule has 0 aliphatic heterocycles. The lowest BCUT2D eigenvalue weighted by molar-refractivity contribution is -0.176. The van der Waals surface area contributed by atoms with Gasteiger partial charge < -0.3 is 20.3 Å². The highest BCUT2D eigenvalue weighted by atomic mass is 16.6. The number of anilines is 1. The van der Waals surface area contributed by atoms with Crippen molar-refractivity contribution in [1.82, 2.24) is 9.97 Å². The quantitative estimate of drug-likeness (QED) is 0.545. The van der Waals surface area contributed by atoms with Gasteiger partial charge in [-0.2, -0.15) is 0 Å². The van der Waals surface area contributed by atoms with Gasteiger partial charge in [-0.25, -0.2) is 9.97 Å². The van der Waals surface area contributed by atoms with Crippen molar-refractivity contribution in [1.29, 1.82) is 0 Å². The smallest absolute Gasteiger partial charge is 0.218 e. The van der Waals surface area contributed by atoms with Gasteiger partial charge in [-0.05, 0) is 13.8 Å². The summed E-state index contributed by atoms with van der Waals surface area (Å²) in [5.41, 5.74) is 5.46. The minimum absolute atomic E-state index is 0.373. The Balaban J connectivity index is 2.17. The van der Waals surface area contributed by atoms with Crippen LogP contribution in [-0.4, -0.2) is 34.1 Å². The van der Waals surface area contributed by atoms with Crippen molar-refractivity contribution in [2.45, 2.75) is 26.1 Å². The number of nitrogens with two attached hydrogens (primary N) is 1. The van der Waals surface area contributed by atoms with E-state index in [1.54, 1.807) is 19.9 Å². The van der Waals surface area contributed by atoms with E-state index in [0.29, 0.717) is 31.3 Å². The molecule has 0 atom stereocenters. The molecule has 0 spiro atoms. The Hall–Kier alpha value is -1.40. The summed E-state index contributed by atoms with van der Waals surface area (Å²) in [6.45, 7) is 4.04. The highest BCUT2D eigenvalue weighted by molar-refractivity contribution is 5.30. The number of rotatable bonds is 6. The minimum Gasteiger partial charge on any atom is -0.477 e. The van der Waals surface area contributed by atoms with Gasteiger partial charge in [0.2, 0.25) is 5.88 Å². The van der Waals surface area contributed by atoms with Gasteiger partial charge in [-0.15, -0.1) is 0 Å². The maximum absolute atomic E-state index is 9.27. The third-order valence-corrected chi connectivity index (χ3v) is 1.66. The molecule has 16 heavy (non-hydrogen) atoms. The van der Waals surface area contributed by atoms with E-state index in [2.05, 4.69) is 9.97 Å². The fourth-order valence-corrected chi connectivity index (χ4v) is 0.990. The number of hydrogen-bond donors (Lipinski definition) is 2. The van der Waals surface area contributed by atoms with Crippen molar-refractivity contribution in [2.24, 2.45) is 0 Å². The van der Waals surface area contributed by atoms with Gasteiger partial charge in [0, 0.05) is 12.5 Å². The molecule has 90 valence electrons. The van der Waals surface area contributed by atoms with Crippen LogP contribution in [0.4, 0.5) is 5.82 Å². The molecule has 1 aromatic heterocycles. The first kappa shape index (κ1) is 12.7. The van der Waals surface area contributed by atoms with E-state index in [1.807, 2.05) is 0 Å². The summed E-state index contributed by atoms with van der Waals surface area (Å²) in [4.78, 5) is 7.63. The molecule has 1 rings (SSSR count). The largest absolute Gasteiger partial charge is 0.477 e. The zero-order valence-corrected chi connectivity index (χ0v) is 9.51. The fraction of sp³-hybridized carbons (Fsp3) is 0.600. The van der Waals surface area contributed by atoms with Crippen molar-refractivity contribution < 1.29 is 14.6 Å². The lowest BCUT2D eigenvalue weighted by Crippen LogP contribution is -2.24. The molecule has 6 heteroatoms. The Morgan fingerprint density at radius 1 is 1.38 bits per heavy atom. The molecular weight excluding hydrogens is 210 g/mol. The maximum Gasteiger partial charge on any atom is 0.218 e. The molecular formula is C10H17N3O3. The van der Waals surface area contributed by atoms with Crippen LogP contribution >= 0.6 is 0 Å². The molecule has 0 bridgehead atoms. The van der Waals surface area contributed by atoms with Gasteiger partial charge in [0.05, 0.1) is 13.2 Å². The van der Waals surface area contributed by atoms with Crippen LogP contribution in [0.15, 0.2) is 12.4 Å². The summed E-state index contributed by atoms with van der Waals surface area (Å²) < 4.78 is 10.4. The van der Waals surface area contributed by atoms with Gasteiger partial charge in [0.25, 0.3) is 0 Å². The number of aromatic nitrogens is 2. The average Bonchev–Trinajstić information content (AvgIpc) is 2.15. The van der Waals surface area contributed by atoms with E-state index in [4.69, 9.17) is 15.2 Å². The summed E-state index contributed by atoms with van der Waals surface area (Å²) in [6.07, 6.45) is 2.01. The number of hydrogen-bond acceptors (Lipinski definition) is 6. The molecule has 6 nitrogen and oxygen atoms in total. The third kappa shape index (κ3) is 5.47. The maximum atomic E-state index is 9.27. The molecule has 0 fully saturated rings. The van der Waals surface area contributed by atoms with E-state index in [9.17, 15) is 5.11 Å². The van der Waals surface area contributed by atoms with Crippen molar-refractivity contribution >= 4 is 5.82 Å². The lowest BCUT2D eigenvalue weighted by atomic mass is 10.4. The topological polar surface area (TPSA) is 90.5 Å². The van der Waals surface area contributed by atoms with Crippen molar-refractivity contribution in [2.75, 3.05) is 18.9 Å². The first-order chi connectivity index (χ1) is 7.47. The van der Waals surface area contributed by atoms with Crippen LogP contribution in [0.1, 0.15) is 20.3 Å². The van der Waals surface area contributed by atoms with Gasteiger partial charge in [0.1, 0.15) is 12.1 Å². The minimum atomic E-state index is -1.10. The van der Waals surface area contributed by atoms with E-state index in [0.717, 1.165) is 0 Å². The van der Waals surface area contributed by atoms with Gasteiger partial charge >= 0.3 is 0 Å². The predicted molar refractivity (Wildman–Crippen MR) is 58.8 cm³/mol. The summed E-state index contributed by atoms with van der Waals surface area (Å²) in [6, 6.07) is 1.55. The standard InChI is InChI=1S/C10H17N3O3/c1-10(2,14)16-5-3-4-15-9-6-8(11)12-7-13-9/h6-7,14H,3-5H2,1-2H3,(H2,11,12,13). The van der Waals surface area contributed by atoms with E-state index >= 15 is 0 Å².